The molecule has 1 saturated heterocycles. The number of likely N-dealkylation sites (tertiary alicyclic amines) is 1. The van der Waals surface area contributed by atoms with Crippen molar-refractivity contribution in [1.29, 1.82) is 0 Å². The number of ether oxygens (including phenoxy) is 2. The molecule has 1 aliphatic rings. The Balaban J connectivity index is 0.00000840. The minimum absolute atomic E-state index is 0. The fraction of sp³-hybridized carbons (Fsp3) is 0.771. The van der Waals surface area contributed by atoms with E-state index in [2.05, 4.69) is 24.1 Å². The third kappa shape index (κ3) is 16.2. The maximum Gasteiger partial charge on any atom is 0.306 e. The summed E-state index contributed by atoms with van der Waals surface area (Å²) in [6.45, 7) is 7.18. The maximum atomic E-state index is 13.1. The number of methoxy groups -OCH3 is 1. The summed E-state index contributed by atoms with van der Waals surface area (Å²) in [5, 5.41) is 3.29. The molecular formula is C35H62N2O4. The lowest BCUT2D eigenvalue weighted by atomic mass is 10.00. The molecule has 2 atom stereocenters. The molecule has 41 heavy (non-hydrogen) atoms. The molecule has 0 bridgehead atoms. The molecule has 1 aliphatic heterocycles. The van der Waals surface area contributed by atoms with Crippen LogP contribution in [0.2, 0.25) is 0 Å². The minimum atomic E-state index is -0.526. The van der Waals surface area contributed by atoms with E-state index in [9.17, 15) is 9.59 Å². The molecule has 0 spiro atoms. The molecule has 0 saturated carbocycles. The third-order valence-corrected chi connectivity index (χ3v) is 8.06. The van der Waals surface area contributed by atoms with Gasteiger partial charge in [0, 0.05) is 19.4 Å². The highest BCUT2D eigenvalue weighted by Crippen LogP contribution is 2.27. The van der Waals surface area contributed by atoms with Gasteiger partial charge in [0.2, 0.25) is 5.91 Å². The number of rotatable bonds is 23. The highest BCUT2D eigenvalue weighted by Gasteiger charge is 2.31. The van der Waals surface area contributed by atoms with Gasteiger partial charge in [-0.05, 0) is 56.5 Å². The van der Waals surface area contributed by atoms with Crippen molar-refractivity contribution in [3.63, 3.8) is 0 Å². The van der Waals surface area contributed by atoms with E-state index in [1.54, 1.807) is 7.11 Å². The number of nitrogens with zero attached hydrogens (tertiary/aromatic N) is 1. The number of amides is 1. The molecule has 1 aromatic rings. The predicted molar refractivity (Wildman–Crippen MR) is 171 cm³/mol. The standard InChI is InChI=1S/C34H58N2O4.CH4/c1-4-6-8-10-12-14-16-20-32(37)35-31(28-36-26-18-19-27-36)34(29-22-24-30(39-3)25-23-29)40-33(38)21-17-15-13-11-9-7-5-2;/h22-25,31,34H,4-21,26-28H2,1-3H3,(H,35,37);1H4/t31-,34-;/m0./s1. The Morgan fingerprint density at radius 2 is 1.29 bits per heavy atom. The van der Waals surface area contributed by atoms with Gasteiger partial charge in [0.15, 0.2) is 0 Å². The Morgan fingerprint density at radius 3 is 1.83 bits per heavy atom. The molecular weight excluding hydrogens is 512 g/mol. The van der Waals surface area contributed by atoms with E-state index in [0.717, 1.165) is 50.1 Å². The largest absolute Gasteiger partial charge is 0.497 e. The van der Waals surface area contributed by atoms with Crippen molar-refractivity contribution < 1.29 is 19.1 Å². The maximum absolute atomic E-state index is 13.1. The molecule has 6 heteroatoms. The zero-order chi connectivity index (χ0) is 28.8. The van der Waals surface area contributed by atoms with Crippen molar-refractivity contribution in [2.45, 2.75) is 149 Å². The molecule has 1 aromatic carbocycles. The van der Waals surface area contributed by atoms with Crippen LogP contribution in [-0.4, -0.2) is 49.6 Å². The van der Waals surface area contributed by atoms with Crippen LogP contribution >= 0.6 is 0 Å². The van der Waals surface area contributed by atoms with E-state index in [-0.39, 0.29) is 25.3 Å². The molecule has 0 aliphatic carbocycles. The number of benzene rings is 1. The normalized spacial score (nSPS) is 14.7. The van der Waals surface area contributed by atoms with Crippen molar-refractivity contribution in [3.8, 4) is 5.75 Å². The number of hydrogen-bond donors (Lipinski definition) is 1. The first kappa shape index (κ1) is 36.9. The first-order chi connectivity index (χ1) is 19.6. The van der Waals surface area contributed by atoms with E-state index in [4.69, 9.17) is 9.47 Å². The summed E-state index contributed by atoms with van der Waals surface area (Å²) in [7, 11) is 1.65. The van der Waals surface area contributed by atoms with Crippen LogP contribution < -0.4 is 10.1 Å². The zero-order valence-corrected chi connectivity index (χ0v) is 25.9. The lowest BCUT2D eigenvalue weighted by Gasteiger charge is -2.31. The molecule has 1 amide bonds. The van der Waals surface area contributed by atoms with Gasteiger partial charge >= 0.3 is 5.97 Å². The molecule has 0 radical (unpaired) electrons. The van der Waals surface area contributed by atoms with Crippen LogP contribution in [0, 0.1) is 0 Å². The van der Waals surface area contributed by atoms with Crippen LogP contribution in [0.15, 0.2) is 24.3 Å². The van der Waals surface area contributed by atoms with Gasteiger partial charge in [-0.2, -0.15) is 0 Å². The second kappa shape index (κ2) is 23.5. The smallest absolute Gasteiger partial charge is 0.306 e. The average molecular weight is 575 g/mol. The third-order valence-electron chi connectivity index (χ3n) is 8.06. The fourth-order valence-electron chi connectivity index (χ4n) is 5.59. The summed E-state index contributed by atoms with van der Waals surface area (Å²) in [5.41, 5.74) is 0.897. The highest BCUT2D eigenvalue weighted by molar-refractivity contribution is 5.76. The van der Waals surface area contributed by atoms with Gasteiger partial charge < -0.3 is 19.7 Å². The van der Waals surface area contributed by atoms with Gasteiger partial charge in [-0.25, -0.2) is 0 Å². The average Bonchev–Trinajstić information content (AvgIpc) is 3.48. The van der Waals surface area contributed by atoms with Crippen LogP contribution in [0.1, 0.15) is 149 Å². The molecule has 0 aromatic heterocycles. The number of unbranched alkanes of at least 4 members (excludes halogenated alkanes) is 12. The number of nitrogens with one attached hydrogen (secondary N) is 1. The summed E-state index contributed by atoms with van der Waals surface area (Å²) in [6.07, 6.45) is 19.1. The van der Waals surface area contributed by atoms with E-state index >= 15 is 0 Å². The van der Waals surface area contributed by atoms with Crippen LogP contribution in [0.25, 0.3) is 0 Å². The van der Waals surface area contributed by atoms with Gasteiger partial charge in [0.1, 0.15) is 11.9 Å². The summed E-state index contributed by atoms with van der Waals surface area (Å²) < 4.78 is 11.6. The molecule has 1 fully saturated rings. The Morgan fingerprint density at radius 1 is 0.780 bits per heavy atom. The number of hydrogen-bond acceptors (Lipinski definition) is 5. The highest BCUT2D eigenvalue weighted by atomic mass is 16.5. The molecule has 6 nitrogen and oxygen atoms in total. The zero-order valence-electron chi connectivity index (χ0n) is 25.9. The topological polar surface area (TPSA) is 67.9 Å². The van der Waals surface area contributed by atoms with Gasteiger partial charge in [-0.1, -0.05) is 110 Å². The monoisotopic (exact) mass is 574 g/mol. The summed E-state index contributed by atoms with van der Waals surface area (Å²) in [4.78, 5) is 28.6. The summed E-state index contributed by atoms with van der Waals surface area (Å²) in [6, 6.07) is 7.44. The quantitative estimate of drug-likeness (QED) is 0.104. The van der Waals surface area contributed by atoms with Crippen molar-refractivity contribution in [2.24, 2.45) is 0 Å². The van der Waals surface area contributed by atoms with E-state index < -0.39 is 6.10 Å². The lowest BCUT2D eigenvalue weighted by Crippen LogP contribution is -2.47. The van der Waals surface area contributed by atoms with Gasteiger partial charge in [-0.3, -0.25) is 9.59 Å². The summed E-state index contributed by atoms with van der Waals surface area (Å²) >= 11 is 0. The molecule has 236 valence electrons. The second-order valence-electron chi connectivity index (χ2n) is 11.6. The van der Waals surface area contributed by atoms with E-state index in [1.165, 1.54) is 77.0 Å². The van der Waals surface area contributed by atoms with Crippen molar-refractivity contribution in [3.05, 3.63) is 29.8 Å². The van der Waals surface area contributed by atoms with Crippen LogP contribution in [0.3, 0.4) is 0 Å². The molecule has 2 rings (SSSR count). The predicted octanol–water partition coefficient (Wildman–Crippen LogP) is 8.78. The number of carbonyl (C=O) groups is 2. The first-order valence-electron chi connectivity index (χ1n) is 16.4. The Labute approximate surface area is 252 Å². The van der Waals surface area contributed by atoms with Gasteiger partial charge in [0.25, 0.3) is 0 Å². The van der Waals surface area contributed by atoms with Crippen LogP contribution in [0.4, 0.5) is 0 Å². The second-order valence-corrected chi connectivity index (χ2v) is 11.6. The fourth-order valence-corrected chi connectivity index (χ4v) is 5.59. The van der Waals surface area contributed by atoms with Crippen molar-refractivity contribution >= 4 is 11.9 Å². The summed E-state index contributed by atoms with van der Waals surface area (Å²) in [5.74, 6) is 0.637. The molecule has 1 heterocycles. The molecule has 0 unspecified atom stereocenters. The van der Waals surface area contributed by atoms with Gasteiger partial charge in [-0.15, -0.1) is 0 Å². The Bertz CT molecular complexity index is 792. The Hall–Kier alpha value is -2.08. The molecule has 1 N–H and O–H groups in total. The van der Waals surface area contributed by atoms with Gasteiger partial charge in [0.05, 0.1) is 13.2 Å². The SMILES string of the molecule is C.CCCCCCCCCC(=O)N[C@@H](CN1CCCC1)[C@@H](OC(=O)CCCCCCCCC)c1ccc(OC)cc1. The van der Waals surface area contributed by atoms with E-state index in [0.29, 0.717) is 19.4 Å². The lowest BCUT2D eigenvalue weighted by molar-refractivity contribution is -0.152. The van der Waals surface area contributed by atoms with Crippen molar-refractivity contribution in [1.82, 2.24) is 10.2 Å². The minimum Gasteiger partial charge on any atom is -0.497 e. The van der Waals surface area contributed by atoms with Crippen LogP contribution in [0.5, 0.6) is 5.75 Å². The first-order valence-corrected chi connectivity index (χ1v) is 16.4. The number of esters is 1. The Kier molecular flexibility index (Phi) is 21.2. The van der Waals surface area contributed by atoms with E-state index in [1.807, 2.05) is 24.3 Å². The van der Waals surface area contributed by atoms with Crippen LogP contribution in [-0.2, 0) is 14.3 Å². The van der Waals surface area contributed by atoms with Crippen molar-refractivity contribution in [2.75, 3.05) is 26.7 Å². The number of carbonyl (C=O) groups excluding carboxylic acids is 2.